The summed E-state index contributed by atoms with van der Waals surface area (Å²) in [6.45, 7) is 7.20. The maximum Gasteiger partial charge on any atom is 0.134 e. The number of aryl methyl sites for hydroxylation is 2. The molecular weight excluding hydrogens is 352 g/mol. The molecule has 1 atom stereocenters. The topological polar surface area (TPSA) is 61.7 Å². The molecule has 2 fully saturated rings. The number of para-hydroxylation sites is 1. The van der Waals surface area contributed by atoms with Crippen molar-refractivity contribution >= 4 is 11.6 Å². The molecule has 2 aliphatic heterocycles. The van der Waals surface area contributed by atoms with Crippen LogP contribution in [0, 0.1) is 13.8 Å². The smallest absolute Gasteiger partial charge is 0.134 e. The van der Waals surface area contributed by atoms with Crippen molar-refractivity contribution in [3.8, 4) is 5.75 Å². The highest BCUT2D eigenvalue weighted by Gasteiger charge is 2.27. The van der Waals surface area contributed by atoms with E-state index in [2.05, 4.69) is 57.9 Å². The number of hydrogen-bond acceptors (Lipinski definition) is 6. The molecule has 150 valence electrons. The van der Waals surface area contributed by atoms with Crippen LogP contribution in [0.5, 0.6) is 5.75 Å². The molecule has 1 aromatic carbocycles. The molecule has 6 nitrogen and oxygen atoms in total. The van der Waals surface area contributed by atoms with Crippen molar-refractivity contribution < 1.29 is 9.84 Å². The number of nitrogens with zero attached hydrogens (tertiary/aromatic N) is 4. The number of ether oxygens (including phenoxy) is 1. The predicted octanol–water partition coefficient (Wildman–Crippen LogP) is 3.10. The van der Waals surface area contributed by atoms with Crippen LogP contribution in [0.4, 0.5) is 11.6 Å². The zero-order valence-corrected chi connectivity index (χ0v) is 16.8. The van der Waals surface area contributed by atoms with Crippen LogP contribution in [0.3, 0.4) is 0 Å². The van der Waals surface area contributed by atoms with Crippen LogP contribution in [0.1, 0.15) is 36.8 Å². The number of piperidine rings is 1. The van der Waals surface area contributed by atoms with Crippen LogP contribution in [0.2, 0.25) is 0 Å². The summed E-state index contributed by atoms with van der Waals surface area (Å²) in [5.74, 6) is 2.93. The van der Waals surface area contributed by atoms with Gasteiger partial charge in [-0.3, -0.25) is 0 Å². The Morgan fingerprint density at radius 2 is 1.75 bits per heavy atom. The average Bonchev–Trinajstić information content (AvgIpc) is 3.20. The first-order valence-corrected chi connectivity index (χ1v) is 10.3. The van der Waals surface area contributed by atoms with Gasteiger partial charge in [-0.05, 0) is 37.8 Å². The van der Waals surface area contributed by atoms with E-state index in [9.17, 15) is 5.11 Å². The number of benzene rings is 1. The van der Waals surface area contributed by atoms with Crippen molar-refractivity contribution in [2.75, 3.05) is 36.0 Å². The monoisotopic (exact) mass is 382 g/mol. The molecule has 2 aliphatic rings. The largest absolute Gasteiger partial charge is 0.490 e. The molecule has 0 spiro atoms. The molecule has 28 heavy (non-hydrogen) atoms. The molecule has 0 radical (unpaired) electrons. The fraction of sp³-hybridized carbons (Fsp3) is 0.545. The maximum absolute atomic E-state index is 9.60. The van der Waals surface area contributed by atoms with E-state index in [1.165, 1.54) is 11.1 Å². The molecule has 0 saturated carbocycles. The zero-order valence-electron chi connectivity index (χ0n) is 16.8. The van der Waals surface area contributed by atoms with E-state index in [1.54, 1.807) is 6.33 Å². The van der Waals surface area contributed by atoms with Crippen LogP contribution >= 0.6 is 0 Å². The lowest BCUT2D eigenvalue weighted by Crippen LogP contribution is -2.39. The number of aliphatic hydroxyl groups excluding tert-OH is 1. The van der Waals surface area contributed by atoms with Crippen LogP contribution < -0.4 is 14.5 Å². The van der Waals surface area contributed by atoms with Gasteiger partial charge in [0.2, 0.25) is 0 Å². The first kappa shape index (κ1) is 19.0. The van der Waals surface area contributed by atoms with Crippen LogP contribution in [-0.2, 0) is 0 Å². The molecule has 0 amide bonds. The number of anilines is 2. The Labute approximate surface area is 167 Å². The van der Waals surface area contributed by atoms with Gasteiger partial charge in [0.05, 0.1) is 12.6 Å². The second-order valence-electron chi connectivity index (χ2n) is 7.93. The average molecular weight is 383 g/mol. The summed E-state index contributed by atoms with van der Waals surface area (Å²) >= 11 is 0. The fourth-order valence-electron chi connectivity index (χ4n) is 4.35. The van der Waals surface area contributed by atoms with E-state index in [1.807, 2.05) is 0 Å². The molecule has 3 heterocycles. The van der Waals surface area contributed by atoms with Crippen molar-refractivity contribution in [3.63, 3.8) is 0 Å². The van der Waals surface area contributed by atoms with Crippen molar-refractivity contribution in [1.82, 2.24) is 9.97 Å². The number of aromatic nitrogens is 2. The van der Waals surface area contributed by atoms with Crippen LogP contribution in [0.25, 0.3) is 0 Å². The Morgan fingerprint density at radius 3 is 2.46 bits per heavy atom. The molecule has 6 heteroatoms. The Bertz CT molecular complexity index is 785. The standard InChI is InChI=1S/C22H30N4O2/c1-16-5-3-6-17(2)22(16)28-19-8-11-25(12-9-19)20-13-21(24-15-23-20)26-10-4-7-18(26)14-27/h3,5-6,13,15,18-19,27H,4,7-12,14H2,1-2H3. The molecule has 1 N–H and O–H groups in total. The highest BCUT2D eigenvalue weighted by Crippen LogP contribution is 2.29. The quantitative estimate of drug-likeness (QED) is 0.857. The first-order chi connectivity index (χ1) is 13.7. The van der Waals surface area contributed by atoms with E-state index < -0.39 is 0 Å². The van der Waals surface area contributed by atoms with E-state index in [0.717, 1.165) is 62.7 Å². The van der Waals surface area contributed by atoms with Gasteiger partial charge in [-0.2, -0.15) is 0 Å². The van der Waals surface area contributed by atoms with Crippen molar-refractivity contribution in [2.45, 2.75) is 51.7 Å². The van der Waals surface area contributed by atoms with Crippen LogP contribution in [0.15, 0.2) is 30.6 Å². The summed E-state index contributed by atoms with van der Waals surface area (Å²) in [5, 5.41) is 9.60. The zero-order chi connectivity index (χ0) is 19.5. The fourth-order valence-corrected chi connectivity index (χ4v) is 4.35. The SMILES string of the molecule is Cc1cccc(C)c1OC1CCN(c2cc(N3CCCC3CO)ncn2)CC1. The highest BCUT2D eigenvalue weighted by molar-refractivity contribution is 5.51. The van der Waals surface area contributed by atoms with Crippen molar-refractivity contribution in [3.05, 3.63) is 41.7 Å². The third-order valence-corrected chi connectivity index (χ3v) is 5.98. The highest BCUT2D eigenvalue weighted by atomic mass is 16.5. The van der Waals surface area contributed by atoms with E-state index in [4.69, 9.17) is 4.74 Å². The van der Waals surface area contributed by atoms with E-state index >= 15 is 0 Å². The Balaban J connectivity index is 1.39. The Hall–Kier alpha value is -2.34. The number of aliphatic hydroxyl groups is 1. The number of rotatable bonds is 5. The Kier molecular flexibility index (Phi) is 5.67. The van der Waals surface area contributed by atoms with Crippen LogP contribution in [-0.4, -0.2) is 53.5 Å². The summed E-state index contributed by atoms with van der Waals surface area (Å²) < 4.78 is 6.34. The van der Waals surface area contributed by atoms with E-state index in [0.29, 0.717) is 0 Å². The van der Waals surface area contributed by atoms with Gasteiger partial charge in [0.15, 0.2) is 0 Å². The van der Waals surface area contributed by atoms with Gasteiger partial charge < -0.3 is 19.6 Å². The van der Waals surface area contributed by atoms with Gasteiger partial charge >= 0.3 is 0 Å². The molecule has 1 aromatic heterocycles. The molecule has 0 bridgehead atoms. The summed E-state index contributed by atoms with van der Waals surface area (Å²) in [4.78, 5) is 13.5. The molecule has 0 aliphatic carbocycles. The molecule has 2 saturated heterocycles. The van der Waals surface area contributed by atoms with Crippen molar-refractivity contribution in [1.29, 1.82) is 0 Å². The van der Waals surface area contributed by atoms with Gasteiger partial charge in [-0.1, -0.05) is 18.2 Å². The van der Waals surface area contributed by atoms with Gasteiger partial charge in [-0.25, -0.2) is 9.97 Å². The Morgan fingerprint density at radius 1 is 1.04 bits per heavy atom. The predicted molar refractivity (Wildman–Crippen MR) is 111 cm³/mol. The molecule has 4 rings (SSSR count). The molecule has 2 aromatic rings. The first-order valence-electron chi connectivity index (χ1n) is 10.3. The summed E-state index contributed by atoms with van der Waals surface area (Å²) in [7, 11) is 0. The summed E-state index contributed by atoms with van der Waals surface area (Å²) in [5.41, 5.74) is 2.40. The van der Waals surface area contributed by atoms with Gasteiger partial charge in [0, 0.05) is 38.5 Å². The molecular formula is C22H30N4O2. The minimum absolute atomic E-state index is 0.180. The second kappa shape index (κ2) is 8.35. The summed E-state index contributed by atoms with van der Waals surface area (Å²) in [6.07, 6.45) is 5.99. The van der Waals surface area contributed by atoms with Gasteiger partial charge in [0.1, 0.15) is 29.8 Å². The number of hydrogen-bond donors (Lipinski definition) is 1. The second-order valence-corrected chi connectivity index (χ2v) is 7.93. The lowest BCUT2D eigenvalue weighted by Gasteiger charge is -2.34. The minimum Gasteiger partial charge on any atom is -0.490 e. The lowest BCUT2D eigenvalue weighted by molar-refractivity contribution is 0.168. The molecule has 1 unspecified atom stereocenters. The summed E-state index contributed by atoms with van der Waals surface area (Å²) in [6, 6.07) is 8.55. The third-order valence-electron chi connectivity index (χ3n) is 5.98. The van der Waals surface area contributed by atoms with Crippen molar-refractivity contribution in [2.24, 2.45) is 0 Å². The minimum atomic E-state index is 0.180. The van der Waals surface area contributed by atoms with Gasteiger partial charge in [0.25, 0.3) is 0 Å². The van der Waals surface area contributed by atoms with E-state index in [-0.39, 0.29) is 18.8 Å². The maximum atomic E-state index is 9.60. The normalized spacial score (nSPS) is 20.6. The third kappa shape index (κ3) is 3.92. The van der Waals surface area contributed by atoms with Gasteiger partial charge in [-0.15, -0.1) is 0 Å². The lowest BCUT2D eigenvalue weighted by atomic mass is 10.1.